The summed E-state index contributed by atoms with van der Waals surface area (Å²) in [6.45, 7) is 1.49. The molecule has 4 aromatic rings. The van der Waals surface area contributed by atoms with Gasteiger partial charge in [0, 0.05) is 39.0 Å². The molecule has 1 saturated heterocycles. The Kier molecular flexibility index (Phi) is 12.6. The van der Waals surface area contributed by atoms with Crippen LogP contribution in [-0.2, 0) is 36.6 Å². The van der Waals surface area contributed by atoms with Crippen LogP contribution in [0.3, 0.4) is 0 Å². The van der Waals surface area contributed by atoms with Crippen molar-refractivity contribution < 1.29 is 43.0 Å². The molecular weight excluding hydrogens is 729 g/mol. The first-order valence-electron chi connectivity index (χ1n) is 19.2. The molecule has 0 bridgehead atoms. The number of fused-ring (bicyclic) bond motifs is 2. The van der Waals surface area contributed by atoms with Crippen LogP contribution in [-0.4, -0.2) is 133 Å². The summed E-state index contributed by atoms with van der Waals surface area (Å²) in [5, 5.41) is 0. The van der Waals surface area contributed by atoms with Crippen LogP contribution >= 0.6 is 0 Å². The number of ether oxygens (including phenoxy) is 3. The number of rotatable bonds is 8. The summed E-state index contributed by atoms with van der Waals surface area (Å²) in [5.74, 6) is -2.95. The second-order valence-electron chi connectivity index (χ2n) is 14.0. The minimum atomic E-state index is -1.12. The number of benzene rings is 4. The summed E-state index contributed by atoms with van der Waals surface area (Å²) in [7, 11) is 0. The molecule has 6 amide bonds. The van der Waals surface area contributed by atoms with Gasteiger partial charge in [-0.1, -0.05) is 84.9 Å². The van der Waals surface area contributed by atoms with E-state index >= 15 is 0 Å². The number of hydrogen-bond donors (Lipinski definition) is 0. The van der Waals surface area contributed by atoms with Crippen molar-refractivity contribution in [3.63, 3.8) is 0 Å². The van der Waals surface area contributed by atoms with Crippen molar-refractivity contribution in [3.8, 4) is 0 Å². The Balaban J connectivity index is 1.08. The van der Waals surface area contributed by atoms with E-state index in [1.165, 1.54) is 0 Å². The number of carbonyl (C=O) groups is 6. The van der Waals surface area contributed by atoms with Crippen LogP contribution in [0.2, 0.25) is 0 Å². The number of nitrogens with zero attached hydrogens (tertiary/aromatic N) is 4. The Bertz CT molecular complexity index is 1890. The lowest BCUT2D eigenvalue weighted by Gasteiger charge is -2.32. The number of imide groups is 2. The molecule has 2 unspecified atom stereocenters. The lowest BCUT2D eigenvalue weighted by atomic mass is 10.0. The second kappa shape index (κ2) is 18.3. The molecule has 57 heavy (non-hydrogen) atoms. The van der Waals surface area contributed by atoms with E-state index < -0.39 is 47.5 Å². The maximum Gasteiger partial charge on any atom is 0.262 e. The predicted octanol–water partition coefficient (Wildman–Crippen LogP) is 3.52. The largest absolute Gasteiger partial charge is 0.378 e. The molecule has 7 rings (SSSR count). The fraction of sp³-hybridized carbons (Fsp3) is 0.318. The number of carbonyl (C=O) groups excluding carboxylic acids is 6. The van der Waals surface area contributed by atoms with Gasteiger partial charge in [-0.15, -0.1) is 0 Å². The summed E-state index contributed by atoms with van der Waals surface area (Å²) in [4.78, 5) is 88.8. The van der Waals surface area contributed by atoms with Crippen molar-refractivity contribution in [2.75, 3.05) is 65.8 Å². The molecule has 3 aliphatic heterocycles. The fourth-order valence-corrected chi connectivity index (χ4v) is 7.44. The van der Waals surface area contributed by atoms with E-state index in [1.54, 1.807) is 58.3 Å². The van der Waals surface area contributed by atoms with E-state index in [4.69, 9.17) is 14.2 Å². The lowest BCUT2D eigenvalue weighted by Crippen LogP contribution is -2.53. The smallest absolute Gasteiger partial charge is 0.262 e. The van der Waals surface area contributed by atoms with Gasteiger partial charge in [0.15, 0.2) is 0 Å². The first kappa shape index (κ1) is 39.2. The highest BCUT2D eigenvalue weighted by Crippen LogP contribution is 2.28. The van der Waals surface area contributed by atoms with Gasteiger partial charge in [-0.25, -0.2) is 0 Å². The van der Waals surface area contributed by atoms with E-state index in [0.29, 0.717) is 0 Å². The minimum absolute atomic E-state index is 0.0797. The van der Waals surface area contributed by atoms with E-state index in [2.05, 4.69) is 0 Å². The average Bonchev–Trinajstić information content (AvgIpc) is 3.64. The molecule has 0 N–H and O–H groups in total. The number of amides is 6. The molecule has 294 valence electrons. The van der Waals surface area contributed by atoms with Crippen LogP contribution in [0.15, 0.2) is 109 Å². The zero-order chi connectivity index (χ0) is 39.7. The van der Waals surface area contributed by atoms with E-state index in [9.17, 15) is 28.8 Å². The first-order valence-corrected chi connectivity index (χ1v) is 19.2. The fourth-order valence-electron chi connectivity index (χ4n) is 7.44. The Labute approximate surface area is 330 Å². The zero-order valence-corrected chi connectivity index (χ0v) is 31.5. The van der Waals surface area contributed by atoms with Gasteiger partial charge >= 0.3 is 0 Å². The molecule has 3 heterocycles. The normalized spacial score (nSPS) is 18.1. The molecule has 13 heteroatoms. The molecule has 4 aromatic carbocycles. The summed E-state index contributed by atoms with van der Waals surface area (Å²) in [5.41, 5.74) is 2.59. The van der Waals surface area contributed by atoms with Crippen LogP contribution in [0.25, 0.3) is 0 Å². The standard InChI is InChI=1S/C44H44N4O9/c49-39-33-15-7-8-16-34(33)40(50)47(39)37(29-31-11-3-1-4-12-31)43(53)45-19-23-55-24-20-46(22-26-57-28-27-56-25-21-45)44(54)38(30-32-13-5-2-6-14-32)48-41(51)35-17-9-10-18-36(35)42(48)52/h1-18,37-38H,19-30H2. The molecular formula is C44H44N4O9. The molecule has 2 atom stereocenters. The summed E-state index contributed by atoms with van der Waals surface area (Å²) >= 11 is 0. The van der Waals surface area contributed by atoms with Gasteiger partial charge in [-0.05, 0) is 35.4 Å². The molecule has 3 aliphatic rings. The lowest BCUT2D eigenvalue weighted by molar-refractivity contribution is -0.137. The third kappa shape index (κ3) is 8.70. The van der Waals surface area contributed by atoms with E-state index in [-0.39, 0.29) is 101 Å². The van der Waals surface area contributed by atoms with Gasteiger partial charge in [-0.2, -0.15) is 0 Å². The Hall–Kier alpha value is -6.02. The van der Waals surface area contributed by atoms with Crippen LogP contribution in [0.1, 0.15) is 52.6 Å². The highest BCUT2D eigenvalue weighted by Gasteiger charge is 2.45. The summed E-state index contributed by atoms with van der Waals surface area (Å²) in [6.07, 6.45) is 0.233. The molecule has 0 radical (unpaired) electrons. The van der Waals surface area contributed by atoms with Crippen LogP contribution < -0.4 is 0 Å². The van der Waals surface area contributed by atoms with Crippen molar-refractivity contribution in [3.05, 3.63) is 143 Å². The Morgan fingerprint density at radius 2 is 0.702 bits per heavy atom. The van der Waals surface area contributed by atoms with Gasteiger partial charge in [0.05, 0.1) is 61.9 Å². The van der Waals surface area contributed by atoms with Crippen LogP contribution in [0.4, 0.5) is 0 Å². The SMILES string of the molecule is O=C(C(Cc1ccccc1)N1C(=O)c2ccccc2C1=O)N1CCOCCOCCN(C(=O)C(Cc2ccccc2)N2C(=O)c3ccccc3C2=O)CCOCC1. The van der Waals surface area contributed by atoms with E-state index in [1.807, 2.05) is 60.7 Å². The Morgan fingerprint density at radius 1 is 0.421 bits per heavy atom. The number of hydrogen-bond acceptors (Lipinski definition) is 9. The Morgan fingerprint density at radius 3 is 1.02 bits per heavy atom. The third-order valence-corrected chi connectivity index (χ3v) is 10.4. The van der Waals surface area contributed by atoms with Crippen LogP contribution in [0.5, 0.6) is 0 Å². The average molecular weight is 773 g/mol. The second-order valence-corrected chi connectivity index (χ2v) is 14.0. The summed E-state index contributed by atoms with van der Waals surface area (Å²) < 4.78 is 17.7. The van der Waals surface area contributed by atoms with Crippen molar-refractivity contribution >= 4 is 35.4 Å². The van der Waals surface area contributed by atoms with E-state index in [0.717, 1.165) is 20.9 Å². The van der Waals surface area contributed by atoms with Crippen molar-refractivity contribution in [1.29, 1.82) is 0 Å². The van der Waals surface area contributed by atoms with Crippen molar-refractivity contribution in [2.24, 2.45) is 0 Å². The molecule has 0 saturated carbocycles. The molecule has 0 aromatic heterocycles. The highest BCUT2D eigenvalue weighted by molar-refractivity contribution is 6.23. The minimum Gasteiger partial charge on any atom is -0.378 e. The van der Waals surface area contributed by atoms with Gasteiger partial charge < -0.3 is 24.0 Å². The van der Waals surface area contributed by atoms with Gasteiger partial charge in [-0.3, -0.25) is 38.6 Å². The van der Waals surface area contributed by atoms with Gasteiger partial charge in [0.25, 0.3) is 23.6 Å². The molecule has 0 aliphatic carbocycles. The van der Waals surface area contributed by atoms with Gasteiger partial charge in [0.2, 0.25) is 11.8 Å². The monoisotopic (exact) mass is 772 g/mol. The predicted molar refractivity (Wildman–Crippen MR) is 207 cm³/mol. The van der Waals surface area contributed by atoms with Crippen LogP contribution in [0, 0.1) is 0 Å². The maximum atomic E-state index is 14.5. The third-order valence-electron chi connectivity index (χ3n) is 10.4. The molecule has 0 spiro atoms. The highest BCUT2D eigenvalue weighted by atomic mass is 16.5. The summed E-state index contributed by atoms with van der Waals surface area (Å²) in [6, 6.07) is 29.3. The zero-order valence-electron chi connectivity index (χ0n) is 31.5. The first-order chi connectivity index (χ1) is 27.8. The van der Waals surface area contributed by atoms with Gasteiger partial charge in [0.1, 0.15) is 12.1 Å². The van der Waals surface area contributed by atoms with Crippen molar-refractivity contribution in [2.45, 2.75) is 24.9 Å². The van der Waals surface area contributed by atoms with Crippen molar-refractivity contribution in [1.82, 2.24) is 19.6 Å². The molecule has 13 nitrogen and oxygen atoms in total. The maximum absolute atomic E-state index is 14.5. The topological polar surface area (TPSA) is 143 Å². The molecule has 1 fully saturated rings. The quantitative estimate of drug-likeness (QED) is 0.246.